The van der Waals surface area contributed by atoms with E-state index >= 15 is 0 Å². The van der Waals surface area contributed by atoms with E-state index in [0.717, 1.165) is 11.3 Å². The summed E-state index contributed by atoms with van der Waals surface area (Å²) in [6.45, 7) is 2.98. The summed E-state index contributed by atoms with van der Waals surface area (Å²) in [4.78, 5) is 30.1. The van der Waals surface area contributed by atoms with Crippen molar-refractivity contribution in [3.8, 4) is 0 Å². The summed E-state index contributed by atoms with van der Waals surface area (Å²) in [5.74, 6) is 0.0566. The third kappa shape index (κ3) is 4.10. The van der Waals surface area contributed by atoms with Crippen molar-refractivity contribution < 1.29 is 9.59 Å². The lowest BCUT2D eigenvalue weighted by Gasteiger charge is -2.17. The maximum atomic E-state index is 12.1. The van der Waals surface area contributed by atoms with Crippen molar-refractivity contribution in [2.45, 2.75) is 25.9 Å². The molecule has 0 aliphatic carbocycles. The SMILES string of the molecule is Cc1ccc(NC(=O)NC2CC(=O)N(Cc3ccccc3)C2)cn1. The molecule has 1 aromatic carbocycles. The van der Waals surface area contributed by atoms with E-state index in [1.807, 2.05) is 43.3 Å². The van der Waals surface area contributed by atoms with Crippen molar-refractivity contribution in [1.82, 2.24) is 15.2 Å². The van der Waals surface area contributed by atoms with Gasteiger partial charge in [-0.25, -0.2) is 4.79 Å². The fourth-order valence-electron chi connectivity index (χ4n) is 2.72. The van der Waals surface area contributed by atoms with Crippen molar-refractivity contribution >= 4 is 17.6 Å². The van der Waals surface area contributed by atoms with Gasteiger partial charge >= 0.3 is 6.03 Å². The number of aromatic nitrogens is 1. The van der Waals surface area contributed by atoms with Gasteiger partial charge < -0.3 is 15.5 Å². The third-order valence-corrected chi connectivity index (χ3v) is 3.94. The first kappa shape index (κ1) is 16.0. The first-order chi connectivity index (χ1) is 11.6. The van der Waals surface area contributed by atoms with Gasteiger partial charge in [0.15, 0.2) is 0 Å². The van der Waals surface area contributed by atoms with E-state index in [-0.39, 0.29) is 18.0 Å². The van der Waals surface area contributed by atoms with Gasteiger partial charge in [-0.1, -0.05) is 30.3 Å². The maximum absolute atomic E-state index is 12.1. The summed E-state index contributed by atoms with van der Waals surface area (Å²) in [7, 11) is 0. The second-order valence-electron chi connectivity index (χ2n) is 5.95. The van der Waals surface area contributed by atoms with E-state index in [9.17, 15) is 9.59 Å². The minimum Gasteiger partial charge on any atom is -0.336 e. The number of amides is 3. The van der Waals surface area contributed by atoms with E-state index < -0.39 is 0 Å². The van der Waals surface area contributed by atoms with E-state index in [1.165, 1.54) is 0 Å². The molecule has 3 amide bonds. The Morgan fingerprint density at radius 2 is 2.04 bits per heavy atom. The number of hydrogen-bond donors (Lipinski definition) is 2. The molecule has 0 saturated carbocycles. The van der Waals surface area contributed by atoms with Crippen LogP contribution in [0.2, 0.25) is 0 Å². The number of carbonyl (C=O) groups is 2. The number of aryl methyl sites for hydroxylation is 1. The Labute approximate surface area is 140 Å². The van der Waals surface area contributed by atoms with Gasteiger partial charge in [0.25, 0.3) is 0 Å². The summed E-state index contributed by atoms with van der Waals surface area (Å²) in [6, 6.07) is 13.0. The molecule has 1 aliphatic rings. The van der Waals surface area contributed by atoms with Crippen LogP contribution in [0.4, 0.5) is 10.5 Å². The molecule has 1 saturated heterocycles. The van der Waals surface area contributed by atoms with Gasteiger partial charge in [-0.05, 0) is 24.6 Å². The van der Waals surface area contributed by atoms with E-state index in [0.29, 0.717) is 25.2 Å². The Balaban J connectivity index is 1.52. The van der Waals surface area contributed by atoms with Crippen molar-refractivity contribution in [3.63, 3.8) is 0 Å². The smallest absolute Gasteiger partial charge is 0.319 e. The predicted octanol–water partition coefficient (Wildman–Crippen LogP) is 2.31. The normalized spacial score (nSPS) is 17.0. The molecule has 0 spiro atoms. The zero-order chi connectivity index (χ0) is 16.9. The molecule has 2 aromatic rings. The molecule has 6 nitrogen and oxygen atoms in total. The molecule has 6 heteroatoms. The molecular formula is C18H20N4O2. The van der Waals surface area contributed by atoms with Crippen LogP contribution in [0, 0.1) is 6.92 Å². The van der Waals surface area contributed by atoms with Crippen molar-refractivity contribution in [3.05, 3.63) is 59.9 Å². The highest BCUT2D eigenvalue weighted by Crippen LogP contribution is 2.15. The van der Waals surface area contributed by atoms with Gasteiger partial charge in [-0.3, -0.25) is 9.78 Å². The van der Waals surface area contributed by atoms with Gasteiger partial charge in [0.05, 0.1) is 17.9 Å². The topological polar surface area (TPSA) is 74.3 Å². The molecule has 2 N–H and O–H groups in total. The van der Waals surface area contributed by atoms with Crippen LogP contribution in [0.1, 0.15) is 17.7 Å². The van der Waals surface area contributed by atoms with Crippen LogP contribution in [0.5, 0.6) is 0 Å². The second-order valence-corrected chi connectivity index (χ2v) is 5.95. The zero-order valence-corrected chi connectivity index (χ0v) is 13.5. The van der Waals surface area contributed by atoms with Gasteiger partial charge in [0.1, 0.15) is 0 Å². The van der Waals surface area contributed by atoms with Crippen molar-refractivity contribution in [2.24, 2.45) is 0 Å². The van der Waals surface area contributed by atoms with E-state index in [1.54, 1.807) is 17.2 Å². The summed E-state index contributed by atoms with van der Waals surface area (Å²) in [5, 5.41) is 5.58. The highest BCUT2D eigenvalue weighted by Gasteiger charge is 2.30. The Bertz CT molecular complexity index is 716. The van der Waals surface area contributed by atoms with Crippen molar-refractivity contribution in [2.75, 3.05) is 11.9 Å². The predicted molar refractivity (Wildman–Crippen MR) is 91.4 cm³/mol. The average Bonchev–Trinajstić information content (AvgIpc) is 2.90. The van der Waals surface area contributed by atoms with Gasteiger partial charge in [-0.15, -0.1) is 0 Å². The molecule has 0 bridgehead atoms. The number of benzene rings is 1. The molecule has 1 aromatic heterocycles. The lowest BCUT2D eigenvalue weighted by molar-refractivity contribution is -0.128. The van der Waals surface area contributed by atoms with Gasteiger partial charge in [0, 0.05) is 25.2 Å². The van der Waals surface area contributed by atoms with Crippen LogP contribution in [0.25, 0.3) is 0 Å². The highest BCUT2D eigenvalue weighted by molar-refractivity contribution is 5.90. The standard InChI is InChI=1S/C18H20N4O2/c1-13-7-8-15(10-19-13)20-18(24)21-16-9-17(23)22(12-16)11-14-5-3-2-4-6-14/h2-8,10,16H,9,11-12H2,1H3,(H2,20,21,24). The largest absolute Gasteiger partial charge is 0.336 e. The van der Waals surface area contributed by atoms with E-state index in [2.05, 4.69) is 15.6 Å². The van der Waals surface area contributed by atoms with Gasteiger partial charge in [0.2, 0.25) is 5.91 Å². The zero-order valence-electron chi connectivity index (χ0n) is 13.5. The van der Waals surface area contributed by atoms with Crippen LogP contribution in [-0.2, 0) is 11.3 Å². The quantitative estimate of drug-likeness (QED) is 0.906. The third-order valence-electron chi connectivity index (χ3n) is 3.94. The molecular weight excluding hydrogens is 304 g/mol. The van der Waals surface area contributed by atoms with Crippen LogP contribution in [0.15, 0.2) is 48.7 Å². The second kappa shape index (κ2) is 7.12. The van der Waals surface area contributed by atoms with Gasteiger partial charge in [-0.2, -0.15) is 0 Å². The van der Waals surface area contributed by atoms with Crippen LogP contribution >= 0.6 is 0 Å². The number of anilines is 1. The molecule has 24 heavy (non-hydrogen) atoms. The first-order valence-electron chi connectivity index (χ1n) is 7.92. The number of nitrogens with zero attached hydrogens (tertiary/aromatic N) is 2. The number of likely N-dealkylation sites (tertiary alicyclic amines) is 1. The lowest BCUT2D eigenvalue weighted by Crippen LogP contribution is -2.39. The number of carbonyl (C=O) groups excluding carboxylic acids is 2. The molecule has 1 aliphatic heterocycles. The number of pyridine rings is 1. The van der Waals surface area contributed by atoms with Crippen LogP contribution in [0.3, 0.4) is 0 Å². The van der Waals surface area contributed by atoms with E-state index in [4.69, 9.17) is 0 Å². The number of nitrogens with one attached hydrogen (secondary N) is 2. The fourth-order valence-corrected chi connectivity index (χ4v) is 2.72. The Morgan fingerprint density at radius 1 is 1.25 bits per heavy atom. The van der Waals surface area contributed by atoms with Crippen molar-refractivity contribution in [1.29, 1.82) is 0 Å². The molecule has 3 rings (SSSR count). The molecule has 1 atom stereocenters. The summed E-state index contributed by atoms with van der Waals surface area (Å²) in [5.41, 5.74) is 2.60. The summed E-state index contributed by atoms with van der Waals surface area (Å²) < 4.78 is 0. The first-order valence-corrected chi connectivity index (χ1v) is 7.92. The Kier molecular flexibility index (Phi) is 4.74. The molecule has 0 radical (unpaired) electrons. The highest BCUT2D eigenvalue weighted by atomic mass is 16.2. The summed E-state index contributed by atoms with van der Waals surface area (Å²) in [6.07, 6.45) is 1.93. The van der Waals surface area contributed by atoms with Crippen LogP contribution in [-0.4, -0.2) is 34.4 Å². The lowest BCUT2D eigenvalue weighted by atomic mass is 10.2. The number of hydrogen-bond acceptors (Lipinski definition) is 3. The maximum Gasteiger partial charge on any atom is 0.319 e. The summed E-state index contributed by atoms with van der Waals surface area (Å²) >= 11 is 0. The monoisotopic (exact) mass is 324 g/mol. The number of urea groups is 1. The fraction of sp³-hybridized carbons (Fsp3) is 0.278. The van der Waals surface area contributed by atoms with Crippen LogP contribution < -0.4 is 10.6 Å². The molecule has 1 fully saturated rings. The molecule has 1 unspecified atom stereocenters. The minimum atomic E-state index is -0.319. The molecule has 2 heterocycles. The number of rotatable bonds is 4. The Morgan fingerprint density at radius 3 is 2.75 bits per heavy atom. The Hall–Kier alpha value is -2.89. The minimum absolute atomic E-state index is 0.0566. The molecule has 124 valence electrons. The average molecular weight is 324 g/mol.